The molecule has 0 spiro atoms. The van der Waals surface area contributed by atoms with Gasteiger partial charge in [-0.05, 0) is 31.2 Å². The zero-order valence-electron chi connectivity index (χ0n) is 14.3. The molecule has 130 valence electrons. The van der Waals surface area contributed by atoms with E-state index in [9.17, 15) is 4.79 Å². The van der Waals surface area contributed by atoms with E-state index in [1.165, 1.54) is 6.26 Å². The monoisotopic (exact) mass is 346 g/mol. The molecule has 1 atom stereocenters. The number of rotatable bonds is 5. The summed E-state index contributed by atoms with van der Waals surface area (Å²) in [5, 5.41) is 3.96. The van der Waals surface area contributed by atoms with Gasteiger partial charge in [-0.3, -0.25) is 4.79 Å². The predicted octanol–water partition coefficient (Wildman–Crippen LogP) is 4.51. The molecule has 2 heterocycles. The van der Waals surface area contributed by atoms with Crippen molar-refractivity contribution in [2.45, 2.75) is 19.4 Å². The first-order valence-electron chi connectivity index (χ1n) is 8.47. The highest BCUT2D eigenvalue weighted by molar-refractivity contribution is 5.80. The minimum Gasteiger partial charge on any atom is -0.459 e. The van der Waals surface area contributed by atoms with E-state index in [2.05, 4.69) is 10.3 Å². The number of fused-ring (bicyclic) bond motifs is 1. The highest BCUT2D eigenvalue weighted by Gasteiger charge is 2.16. The first-order chi connectivity index (χ1) is 12.7. The number of oxazole rings is 1. The van der Waals surface area contributed by atoms with Crippen LogP contribution in [0, 0.1) is 0 Å². The number of para-hydroxylation sites is 1. The molecule has 1 unspecified atom stereocenters. The third-order valence-corrected chi connectivity index (χ3v) is 4.16. The maximum Gasteiger partial charge on any atom is 0.226 e. The number of hydrogen-bond donors (Lipinski definition) is 1. The average molecular weight is 346 g/mol. The van der Waals surface area contributed by atoms with Crippen molar-refractivity contribution in [1.29, 1.82) is 0 Å². The topological polar surface area (TPSA) is 68.3 Å². The molecule has 1 amide bonds. The fourth-order valence-corrected chi connectivity index (χ4v) is 2.85. The molecular weight excluding hydrogens is 328 g/mol. The highest BCUT2D eigenvalue weighted by atomic mass is 16.3. The Labute approximate surface area is 150 Å². The van der Waals surface area contributed by atoms with E-state index in [1.54, 1.807) is 0 Å². The number of furan rings is 1. The van der Waals surface area contributed by atoms with Gasteiger partial charge < -0.3 is 14.2 Å². The Kier molecular flexibility index (Phi) is 4.27. The molecule has 26 heavy (non-hydrogen) atoms. The zero-order chi connectivity index (χ0) is 17.9. The first-order valence-corrected chi connectivity index (χ1v) is 8.47. The van der Waals surface area contributed by atoms with Crippen LogP contribution in [0.5, 0.6) is 0 Å². The lowest BCUT2D eigenvalue weighted by Gasteiger charge is -2.10. The quantitative estimate of drug-likeness (QED) is 0.577. The Hall–Kier alpha value is -3.34. The van der Waals surface area contributed by atoms with Gasteiger partial charge in [-0.15, -0.1) is 0 Å². The minimum atomic E-state index is -0.226. The van der Waals surface area contributed by atoms with Gasteiger partial charge in [0.25, 0.3) is 0 Å². The van der Waals surface area contributed by atoms with Gasteiger partial charge in [-0.1, -0.05) is 36.4 Å². The molecule has 0 aliphatic rings. The third kappa shape index (κ3) is 3.37. The maximum absolute atomic E-state index is 12.3. The van der Waals surface area contributed by atoms with Crippen LogP contribution in [0.1, 0.15) is 24.4 Å². The van der Waals surface area contributed by atoms with E-state index in [0.29, 0.717) is 11.6 Å². The normalized spacial score (nSPS) is 12.2. The second-order valence-corrected chi connectivity index (χ2v) is 6.16. The molecule has 5 heteroatoms. The van der Waals surface area contributed by atoms with Crippen molar-refractivity contribution < 1.29 is 13.6 Å². The van der Waals surface area contributed by atoms with Gasteiger partial charge in [0.05, 0.1) is 18.2 Å². The van der Waals surface area contributed by atoms with Crippen molar-refractivity contribution in [3.05, 3.63) is 78.4 Å². The molecular formula is C21H18N2O3. The van der Waals surface area contributed by atoms with Gasteiger partial charge in [0.1, 0.15) is 17.6 Å². The zero-order valence-corrected chi connectivity index (χ0v) is 14.3. The Morgan fingerprint density at radius 3 is 2.69 bits per heavy atom. The molecule has 4 aromatic rings. The first kappa shape index (κ1) is 16.1. The Morgan fingerprint density at radius 2 is 1.88 bits per heavy atom. The van der Waals surface area contributed by atoms with Crippen molar-refractivity contribution in [2.75, 3.05) is 0 Å². The lowest BCUT2D eigenvalue weighted by atomic mass is 10.2. The fourth-order valence-electron chi connectivity index (χ4n) is 2.85. The van der Waals surface area contributed by atoms with E-state index in [-0.39, 0.29) is 18.4 Å². The van der Waals surface area contributed by atoms with Crippen LogP contribution in [0.3, 0.4) is 0 Å². The Morgan fingerprint density at radius 1 is 1.12 bits per heavy atom. The van der Waals surface area contributed by atoms with Crippen LogP contribution in [-0.2, 0) is 11.2 Å². The van der Waals surface area contributed by atoms with Gasteiger partial charge in [-0.2, -0.15) is 0 Å². The molecule has 0 saturated carbocycles. The number of aromatic nitrogens is 1. The fraction of sp³-hybridized carbons (Fsp3) is 0.143. The van der Waals surface area contributed by atoms with Crippen molar-refractivity contribution >= 4 is 16.9 Å². The minimum absolute atomic E-state index is 0.133. The molecule has 0 fully saturated rings. The lowest BCUT2D eigenvalue weighted by molar-refractivity contribution is -0.121. The third-order valence-electron chi connectivity index (χ3n) is 4.16. The number of carbonyl (C=O) groups is 1. The average Bonchev–Trinajstić information content (AvgIpc) is 3.29. The largest absolute Gasteiger partial charge is 0.459 e. The molecule has 1 N–H and O–H groups in total. The van der Waals surface area contributed by atoms with Gasteiger partial charge in [0, 0.05) is 10.9 Å². The van der Waals surface area contributed by atoms with Crippen LogP contribution in [-0.4, -0.2) is 10.9 Å². The Balaban J connectivity index is 1.41. The summed E-state index contributed by atoms with van der Waals surface area (Å²) in [6, 6.07) is 19.1. The molecule has 5 nitrogen and oxygen atoms in total. The van der Waals surface area contributed by atoms with Crippen LogP contribution >= 0.6 is 0 Å². The van der Waals surface area contributed by atoms with Crippen molar-refractivity contribution in [3.63, 3.8) is 0 Å². The van der Waals surface area contributed by atoms with Gasteiger partial charge in [-0.25, -0.2) is 4.98 Å². The number of hydrogen-bond acceptors (Lipinski definition) is 4. The summed E-state index contributed by atoms with van der Waals surface area (Å²) in [5.74, 6) is 1.11. The second kappa shape index (κ2) is 6.88. The molecule has 0 aliphatic heterocycles. The summed E-state index contributed by atoms with van der Waals surface area (Å²) < 4.78 is 11.3. The molecule has 2 aromatic heterocycles. The molecule has 0 aliphatic carbocycles. The summed E-state index contributed by atoms with van der Waals surface area (Å²) in [5.41, 5.74) is 2.29. The number of amides is 1. The molecule has 0 bridgehead atoms. The van der Waals surface area contributed by atoms with Crippen molar-refractivity contribution in [2.24, 2.45) is 0 Å². The van der Waals surface area contributed by atoms with Crippen molar-refractivity contribution in [1.82, 2.24) is 10.3 Å². The van der Waals surface area contributed by atoms with Gasteiger partial charge in [0.15, 0.2) is 0 Å². The summed E-state index contributed by atoms with van der Waals surface area (Å²) in [6.45, 7) is 1.90. The highest BCUT2D eigenvalue weighted by Crippen LogP contribution is 2.24. The molecule has 0 saturated heterocycles. The summed E-state index contributed by atoms with van der Waals surface area (Å²) in [6.07, 6.45) is 1.68. The van der Waals surface area contributed by atoms with Crippen LogP contribution in [0.4, 0.5) is 0 Å². The molecule has 2 aromatic carbocycles. The standard InChI is InChI=1S/C21H18N2O3/c1-14(19-11-16-9-5-6-10-18(16)26-19)22-20(24)12-17-13-25-21(23-17)15-7-3-2-4-8-15/h2-11,13-14H,12H2,1H3,(H,22,24). The summed E-state index contributed by atoms with van der Waals surface area (Å²) >= 11 is 0. The van der Waals surface area contributed by atoms with Gasteiger partial charge in [0.2, 0.25) is 11.8 Å². The van der Waals surface area contributed by atoms with Crippen molar-refractivity contribution in [3.8, 4) is 11.5 Å². The van der Waals surface area contributed by atoms with E-state index in [0.717, 1.165) is 22.3 Å². The van der Waals surface area contributed by atoms with E-state index in [4.69, 9.17) is 8.83 Å². The predicted molar refractivity (Wildman–Crippen MR) is 98.4 cm³/mol. The van der Waals surface area contributed by atoms with Crippen LogP contribution < -0.4 is 5.32 Å². The molecule has 4 rings (SSSR count). The SMILES string of the molecule is CC(NC(=O)Cc1coc(-c2ccccc2)n1)c1cc2ccccc2o1. The second-order valence-electron chi connectivity index (χ2n) is 6.16. The lowest BCUT2D eigenvalue weighted by Crippen LogP contribution is -2.27. The maximum atomic E-state index is 12.3. The van der Waals surface area contributed by atoms with Crippen LogP contribution in [0.15, 0.2) is 75.8 Å². The van der Waals surface area contributed by atoms with E-state index in [1.807, 2.05) is 67.6 Å². The number of nitrogens with zero attached hydrogens (tertiary/aromatic N) is 1. The van der Waals surface area contributed by atoms with E-state index < -0.39 is 0 Å². The van der Waals surface area contributed by atoms with E-state index >= 15 is 0 Å². The summed E-state index contributed by atoms with van der Waals surface area (Å²) in [4.78, 5) is 16.7. The number of carbonyl (C=O) groups excluding carboxylic acids is 1. The van der Waals surface area contributed by atoms with Crippen LogP contribution in [0.25, 0.3) is 22.4 Å². The Bertz CT molecular complexity index is 1000. The number of benzene rings is 2. The van der Waals surface area contributed by atoms with Crippen LogP contribution in [0.2, 0.25) is 0 Å². The summed E-state index contributed by atoms with van der Waals surface area (Å²) in [7, 11) is 0. The smallest absolute Gasteiger partial charge is 0.226 e. The van der Waals surface area contributed by atoms with Gasteiger partial charge >= 0.3 is 0 Å². The molecule has 0 radical (unpaired) electrons. The number of nitrogens with one attached hydrogen (secondary N) is 1.